The summed E-state index contributed by atoms with van der Waals surface area (Å²) in [7, 11) is 0. The molecule has 1 aromatic carbocycles. The first-order valence-corrected chi connectivity index (χ1v) is 4.33. The molecule has 0 N–H and O–H groups in total. The Morgan fingerprint density at radius 3 is 2.73 bits per heavy atom. The predicted octanol–water partition coefficient (Wildman–Crippen LogP) is 2.83. The number of isocyanates is 1. The maximum Gasteiger partial charge on any atom is 0.240 e. The number of aliphatic imine (C=N–C) groups is 1. The predicted molar refractivity (Wildman–Crippen MR) is 51.4 cm³/mol. The summed E-state index contributed by atoms with van der Waals surface area (Å²) < 4.78 is 4.45. The number of rotatable bonds is 5. The van der Waals surface area contributed by atoms with Gasteiger partial charge < -0.3 is 0 Å². The van der Waals surface area contributed by atoms with Gasteiger partial charge in [-0.25, -0.2) is 9.78 Å². The van der Waals surface area contributed by atoms with Crippen molar-refractivity contribution in [1.29, 1.82) is 0 Å². The van der Waals surface area contributed by atoms with Crippen molar-refractivity contribution >= 4 is 23.8 Å². The van der Waals surface area contributed by atoms with Crippen LogP contribution in [0.3, 0.4) is 0 Å². The molecule has 0 fully saturated rings. The largest absolute Gasteiger partial charge is 0.244 e. The van der Waals surface area contributed by atoms with Crippen molar-refractivity contribution in [1.82, 2.24) is 0 Å². The number of carbonyl (C=O) groups excluding carboxylic acids is 1. The van der Waals surface area contributed by atoms with E-state index in [4.69, 9.17) is 5.53 Å². The van der Waals surface area contributed by atoms with Gasteiger partial charge in [0.1, 0.15) is 5.28 Å². The third-order valence-corrected chi connectivity index (χ3v) is 1.84. The van der Waals surface area contributed by atoms with Gasteiger partial charge in [-0.1, -0.05) is 0 Å². The zero-order valence-electron chi connectivity index (χ0n) is 7.23. The van der Waals surface area contributed by atoms with Crippen LogP contribution in [0, 0.1) is 0 Å². The highest BCUT2D eigenvalue weighted by molar-refractivity contribution is 7.94. The minimum Gasteiger partial charge on any atom is -0.244 e. The fourth-order valence-corrected chi connectivity index (χ4v) is 1.10. The molecule has 0 bridgehead atoms. The lowest BCUT2D eigenvalue weighted by Crippen LogP contribution is -1.76. The molecule has 8 heteroatoms. The van der Waals surface area contributed by atoms with Crippen LogP contribution < -0.4 is 0 Å². The van der Waals surface area contributed by atoms with Crippen molar-refractivity contribution < 1.29 is 14.1 Å². The number of hydrogen-bond donors (Lipinski definition) is 0. The quantitative estimate of drug-likeness (QED) is 0.0883. The monoisotopic (exact) mass is 224 g/mol. The van der Waals surface area contributed by atoms with Gasteiger partial charge in [0.25, 0.3) is 0 Å². The standard InChI is InChI=1S/C7H4N4O3S/c8-10-11-13-14-15-7-3-1-6(2-4-7)9-5-12/h1-4H. The van der Waals surface area contributed by atoms with Crippen molar-refractivity contribution in [3.63, 3.8) is 0 Å². The lowest BCUT2D eigenvalue weighted by molar-refractivity contribution is -0.193. The molecule has 76 valence electrons. The van der Waals surface area contributed by atoms with E-state index in [-0.39, 0.29) is 0 Å². The zero-order valence-corrected chi connectivity index (χ0v) is 8.05. The van der Waals surface area contributed by atoms with Crippen LogP contribution in [0.25, 0.3) is 10.4 Å². The van der Waals surface area contributed by atoms with Gasteiger partial charge in [0.15, 0.2) is 0 Å². The normalized spacial score (nSPS) is 8.53. The Bertz CT molecular complexity index is 409. The summed E-state index contributed by atoms with van der Waals surface area (Å²) in [5, 5.41) is 2.70. The van der Waals surface area contributed by atoms with Gasteiger partial charge in [-0.3, -0.25) is 0 Å². The van der Waals surface area contributed by atoms with E-state index in [1.165, 1.54) is 6.08 Å². The van der Waals surface area contributed by atoms with Gasteiger partial charge in [-0.15, -0.1) is 4.33 Å². The van der Waals surface area contributed by atoms with E-state index >= 15 is 0 Å². The van der Waals surface area contributed by atoms with Crippen LogP contribution in [0.4, 0.5) is 5.69 Å². The SMILES string of the molecule is [N-]=[N+]=NOOSc1ccc(N=C=O)cc1. The molecule has 1 rings (SSSR count). The molecule has 1 aromatic rings. The van der Waals surface area contributed by atoms with E-state index in [1.54, 1.807) is 24.3 Å². The molecule has 0 aliphatic rings. The molecule has 0 aliphatic carbocycles. The van der Waals surface area contributed by atoms with Crippen molar-refractivity contribution in [2.45, 2.75) is 4.90 Å². The van der Waals surface area contributed by atoms with Crippen LogP contribution in [0.15, 0.2) is 39.4 Å². The number of hydrogen-bond acceptors (Lipinski definition) is 6. The maximum absolute atomic E-state index is 9.92. The number of azide groups is 1. The van der Waals surface area contributed by atoms with Crippen LogP contribution in [0.5, 0.6) is 0 Å². The van der Waals surface area contributed by atoms with Crippen molar-refractivity contribution in [3.05, 3.63) is 34.7 Å². The Morgan fingerprint density at radius 1 is 1.40 bits per heavy atom. The first-order chi connectivity index (χ1) is 7.36. The number of benzene rings is 1. The van der Waals surface area contributed by atoms with E-state index in [0.717, 1.165) is 12.0 Å². The second kappa shape index (κ2) is 6.47. The summed E-state index contributed by atoms with van der Waals surface area (Å²) in [4.78, 5) is 20.4. The van der Waals surface area contributed by atoms with E-state index in [0.29, 0.717) is 10.6 Å². The minimum atomic E-state index is 0.491. The summed E-state index contributed by atoms with van der Waals surface area (Å²) in [5.74, 6) is 0. The Balaban J connectivity index is 2.49. The molecule has 0 heterocycles. The molecular formula is C7H4N4O3S. The molecule has 0 aromatic heterocycles. The molecule has 0 atom stereocenters. The third-order valence-electron chi connectivity index (χ3n) is 1.24. The molecule has 0 aliphatic heterocycles. The average Bonchev–Trinajstić information content (AvgIpc) is 2.27. The third kappa shape index (κ3) is 4.17. The highest BCUT2D eigenvalue weighted by Crippen LogP contribution is 2.22. The van der Waals surface area contributed by atoms with E-state index in [9.17, 15) is 4.79 Å². The Hall–Kier alpha value is -1.98. The maximum atomic E-state index is 9.92. The lowest BCUT2D eigenvalue weighted by atomic mass is 10.3. The fourth-order valence-electron chi connectivity index (χ4n) is 0.712. The molecule has 0 saturated heterocycles. The second-order valence-electron chi connectivity index (χ2n) is 2.09. The highest BCUT2D eigenvalue weighted by atomic mass is 32.2. The van der Waals surface area contributed by atoms with Crippen LogP contribution in [0.2, 0.25) is 0 Å². The topological polar surface area (TPSA) is 96.7 Å². The Labute approximate surface area is 88.4 Å². The molecule has 0 spiro atoms. The van der Waals surface area contributed by atoms with Gasteiger partial charge in [-0.2, -0.15) is 4.99 Å². The molecule has 0 amide bonds. The van der Waals surface area contributed by atoms with Gasteiger partial charge in [0, 0.05) is 9.81 Å². The summed E-state index contributed by atoms with van der Waals surface area (Å²) in [6.07, 6.45) is 1.42. The van der Waals surface area contributed by atoms with Gasteiger partial charge in [-0.05, 0) is 29.8 Å². The van der Waals surface area contributed by atoms with Gasteiger partial charge in [0.2, 0.25) is 6.08 Å². The minimum absolute atomic E-state index is 0.491. The smallest absolute Gasteiger partial charge is 0.240 e. The second-order valence-corrected chi connectivity index (χ2v) is 2.87. The fraction of sp³-hybridized carbons (Fsp3) is 0. The Morgan fingerprint density at radius 2 is 2.13 bits per heavy atom. The van der Waals surface area contributed by atoms with Crippen molar-refractivity contribution in [2.75, 3.05) is 0 Å². The molecule has 7 nitrogen and oxygen atoms in total. The van der Waals surface area contributed by atoms with Crippen LogP contribution in [-0.2, 0) is 14.1 Å². The first kappa shape index (κ1) is 11.1. The average molecular weight is 224 g/mol. The van der Waals surface area contributed by atoms with E-state index in [2.05, 4.69) is 24.5 Å². The van der Waals surface area contributed by atoms with E-state index in [1.807, 2.05) is 0 Å². The summed E-state index contributed by atoms with van der Waals surface area (Å²) in [5.41, 5.74) is 8.35. The Kier molecular flexibility index (Phi) is 4.79. The summed E-state index contributed by atoms with van der Waals surface area (Å²) in [6.45, 7) is 0. The first-order valence-electron chi connectivity index (χ1n) is 3.59. The zero-order chi connectivity index (χ0) is 10.9. The lowest BCUT2D eigenvalue weighted by Gasteiger charge is -1.97. The molecule has 0 radical (unpaired) electrons. The summed E-state index contributed by atoms with van der Waals surface area (Å²) in [6, 6.07) is 6.51. The van der Waals surface area contributed by atoms with Crippen molar-refractivity contribution in [3.8, 4) is 0 Å². The van der Waals surface area contributed by atoms with Gasteiger partial charge in [0.05, 0.1) is 17.7 Å². The van der Waals surface area contributed by atoms with E-state index < -0.39 is 0 Å². The molecule has 0 unspecified atom stereocenters. The highest BCUT2D eigenvalue weighted by Gasteiger charge is 1.95. The number of nitrogens with zero attached hydrogens (tertiary/aromatic N) is 4. The van der Waals surface area contributed by atoms with Gasteiger partial charge >= 0.3 is 0 Å². The van der Waals surface area contributed by atoms with Crippen molar-refractivity contribution in [2.24, 2.45) is 10.3 Å². The van der Waals surface area contributed by atoms with Crippen LogP contribution in [-0.4, -0.2) is 6.08 Å². The molecule has 15 heavy (non-hydrogen) atoms. The van der Waals surface area contributed by atoms with Crippen LogP contribution >= 0.6 is 12.0 Å². The summed E-state index contributed by atoms with van der Waals surface area (Å²) >= 11 is 0.860. The molecule has 0 saturated carbocycles. The van der Waals surface area contributed by atoms with Crippen LogP contribution in [0.1, 0.15) is 0 Å². The molecular weight excluding hydrogens is 220 g/mol.